The second-order valence-corrected chi connectivity index (χ2v) is 8.19. The Hall–Kier alpha value is -1.39. The van der Waals surface area contributed by atoms with Crippen molar-refractivity contribution < 1.29 is 22.7 Å². The number of carbonyl (C=O) groups excluding carboxylic acids is 1. The van der Waals surface area contributed by atoms with Crippen LogP contribution in [0.15, 0.2) is 23.1 Å². The fourth-order valence-corrected chi connectivity index (χ4v) is 4.21. The third kappa shape index (κ3) is 5.55. The molecule has 27 heavy (non-hydrogen) atoms. The lowest BCUT2D eigenvalue weighted by Crippen LogP contribution is -2.41. The molecule has 1 heterocycles. The number of morpholine rings is 1. The van der Waals surface area contributed by atoms with Gasteiger partial charge in [0.25, 0.3) is 0 Å². The van der Waals surface area contributed by atoms with Gasteiger partial charge >= 0.3 is 0 Å². The first-order chi connectivity index (χ1) is 12.3. The van der Waals surface area contributed by atoms with Crippen LogP contribution in [-0.2, 0) is 19.6 Å². The number of halogens is 1. The number of hydrogen-bond acceptors (Lipinski definition) is 6. The van der Waals surface area contributed by atoms with Crippen LogP contribution in [0.4, 0.5) is 5.69 Å². The number of sulfonamides is 1. The number of benzene rings is 1. The Bertz CT molecular complexity index is 738. The van der Waals surface area contributed by atoms with Gasteiger partial charge in [-0.15, -0.1) is 12.4 Å². The fraction of sp³-hybridized carbons (Fsp3) is 0.588. The molecule has 10 heteroatoms. The number of carbonyl (C=O) groups is 1. The molecular formula is C17H28ClN3O5S. The van der Waals surface area contributed by atoms with Crippen LogP contribution >= 0.6 is 12.4 Å². The van der Waals surface area contributed by atoms with Crippen LogP contribution < -0.4 is 15.8 Å². The van der Waals surface area contributed by atoms with Crippen molar-refractivity contribution in [3.8, 4) is 5.75 Å². The van der Waals surface area contributed by atoms with Crippen molar-refractivity contribution in [3.63, 3.8) is 0 Å². The monoisotopic (exact) mass is 421 g/mol. The first-order valence-electron chi connectivity index (χ1n) is 8.63. The number of rotatable bonds is 7. The van der Waals surface area contributed by atoms with Crippen LogP contribution in [0.1, 0.15) is 20.3 Å². The minimum absolute atomic E-state index is 0. The highest BCUT2D eigenvalue weighted by Crippen LogP contribution is 2.30. The van der Waals surface area contributed by atoms with E-state index in [1.54, 1.807) is 6.07 Å². The van der Waals surface area contributed by atoms with Crippen molar-refractivity contribution in [1.29, 1.82) is 0 Å². The van der Waals surface area contributed by atoms with Crippen molar-refractivity contribution in [3.05, 3.63) is 18.2 Å². The predicted octanol–water partition coefficient (Wildman–Crippen LogP) is 1.45. The van der Waals surface area contributed by atoms with E-state index in [1.165, 1.54) is 23.5 Å². The molecule has 0 bridgehead atoms. The highest BCUT2D eigenvalue weighted by atomic mass is 35.5. The number of nitrogens with two attached hydrogens (primary N) is 1. The summed E-state index contributed by atoms with van der Waals surface area (Å²) < 4.78 is 37.7. The van der Waals surface area contributed by atoms with Gasteiger partial charge in [0.2, 0.25) is 15.9 Å². The van der Waals surface area contributed by atoms with E-state index >= 15 is 0 Å². The van der Waals surface area contributed by atoms with Gasteiger partial charge in [-0.2, -0.15) is 4.31 Å². The standard InChI is InChI=1S/C17H27N3O5S.ClH/c1-4-12(2)16(18)17(21)19-13-5-6-14(24-3)15(11-13)26(22,23)20-7-9-25-10-8-20;/h5-6,11-12,16H,4,7-10,18H2,1-3H3,(H,19,21);1H. The molecule has 0 aromatic heterocycles. The minimum atomic E-state index is -3.76. The summed E-state index contributed by atoms with van der Waals surface area (Å²) in [5.41, 5.74) is 6.30. The summed E-state index contributed by atoms with van der Waals surface area (Å²) in [5.74, 6) is -0.107. The maximum atomic E-state index is 12.9. The third-order valence-electron chi connectivity index (χ3n) is 4.58. The molecule has 1 aromatic carbocycles. The van der Waals surface area contributed by atoms with Crippen LogP contribution in [0, 0.1) is 5.92 Å². The summed E-state index contributed by atoms with van der Waals surface area (Å²) in [5, 5.41) is 2.70. The van der Waals surface area contributed by atoms with Gasteiger partial charge in [-0.3, -0.25) is 4.79 Å². The molecule has 2 rings (SSSR count). The molecule has 0 saturated carbocycles. The second kappa shape index (κ2) is 10.2. The molecule has 0 spiro atoms. The Morgan fingerprint density at radius 1 is 1.37 bits per heavy atom. The Morgan fingerprint density at radius 3 is 2.56 bits per heavy atom. The van der Waals surface area contributed by atoms with E-state index in [0.717, 1.165) is 6.42 Å². The van der Waals surface area contributed by atoms with Gasteiger partial charge in [0.05, 0.1) is 26.4 Å². The average molecular weight is 422 g/mol. The topological polar surface area (TPSA) is 111 Å². The highest BCUT2D eigenvalue weighted by molar-refractivity contribution is 7.89. The van der Waals surface area contributed by atoms with Crippen molar-refractivity contribution >= 4 is 34.0 Å². The summed E-state index contributed by atoms with van der Waals surface area (Å²) in [6, 6.07) is 3.86. The molecule has 2 atom stereocenters. The Balaban J connectivity index is 0.00000364. The van der Waals surface area contributed by atoms with Gasteiger partial charge in [0.15, 0.2) is 0 Å². The van der Waals surface area contributed by atoms with Crippen LogP contribution in [0.2, 0.25) is 0 Å². The van der Waals surface area contributed by atoms with Crippen LogP contribution in [0.25, 0.3) is 0 Å². The second-order valence-electron chi connectivity index (χ2n) is 6.28. The average Bonchev–Trinajstić information content (AvgIpc) is 2.67. The van der Waals surface area contributed by atoms with Gasteiger partial charge in [-0.05, 0) is 24.1 Å². The number of nitrogens with one attached hydrogen (secondary N) is 1. The van der Waals surface area contributed by atoms with Crippen molar-refractivity contribution in [2.45, 2.75) is 31.2 Å². The summed E-state index contributed by atoms with van der Waals surface area (Å²) >= 11 is 0. The van der Waals surface area contributed by atoms with Crippen LogP contribution in [-0.4, -0.2) is 58.1 Å². The summed E-state index contributed by atoms with van der Waals surface area (Å²) in [6.45, 7) is 5.11. The van der Waals surface area contributed by atoms with Gasteiger partial charge < -0.3 is 20.5 Å². The van der Waals surface area contributed by atoms with Gasteiger partial charge in [-0.25, -0.2) is 8.42 Å². The highest BCUT2D eigenvalue weighted by Gasteiger charge is 2.30. The smallest absolute Gasteiger partial charge is 0.246 e. The van der Waals surface area contributed by atoms with E-state index in [1.807, 2.05) is 13.8 Å². The van der Waals surface area contributed by atoms with Gasteiger partial charge in [0, 0.05) is 18.8 Å². The zero-order valence-electron chi connectivity index (χ0n) is 15.8. The van der Waals surface area contributed by atoms with E-state index in [4.69, 9.17) is 15.2 Å². The molecule has 1 saturated heterocycles. The maximum absolute atomic E-state index is 12.9. The molecule has 0 radical (unpaired) electrons. The lowest BCUT2D eigenvalue weighted by Gasteiger charge is -2.27. The number of amides is 1. The Morgan fingerprint density at radius 2 is 2.00 bits per heavy atom. The summed E-state index contributed by atoms with van der Waals surface area (Å²) in [6.07, 6.45) is 0.772. The first kappa shape index (κ1) is 23.6. The number of ether oxygens (including phenoxy) is 2. The van der Waals surface area contributed by atoms with E-state index < -0.39 is 16.1 Å². The van der Waals surface area contributed by atoms with Gasteiger partial charge in [0.1, 0.15) is 10.6 Å². The first-order valence-corrected chi connectivity index (χ1v) is 10.1. The minimum Gasteiger partial charge on any atom is -0.495 e. The lowest BCUT2D eigenvalue weighted by atomic mass is 9.99. The zero-order chi connectivity index (χ0) is 19.3. The molecule has 8 nitrogen and oxygen atoms in total. The predicted molar refractivity (Wildman–Crippen MR) is 106 cm³/mol. The number of methoxy groups -OCH3 is 1. The molecule has 1 aromatic rings. The van der Waals surface area contributed by atoms with E-state index in [2.05, 4.69) is 5.32 Å². The number of anilines is 1. The maximum Gasteiger partial charge on any atom is 0.246 e. The zero-order valence-corrected chi connectivity index (χ0v) is 17.4. The van der Waals surface area contributed by atoms with E-state index in [0.29, 0.717) is 18.9 Å². The number of hydrogen-bond donors (Lipinski definition) is 2. The fourth-order valence-electron chi connectivity index (χ4n) is 2.62. The lowest BCUT2D eigenvalue weighted by molar-refractivity contribution is -0.118. The largest absolute Gasteiger partial charge is 0.495 e. The summed E-state index contributed by atoms with van der Waals surface area (Å²) in [4.78, 5) is 12.3. The normalized spacial score (nSPS) is 17.5. The molecule has 1 fully saturated rings. The molecule has 1 amide bonds. The third-order valence-corrected chi connectivity index (χ3v) is 6.50. The Labute approximate surface area is 166 Å². The van der Waals surface area contributed by atoms with Crippen molar-refractivity contribution in [2.24, 2.45) is 11.7 Å². The van der Waals surface area contributed by atoms with E-state index in [-0.39, 0.29) is 48.0 Å². The SMILES string of the molecule is CCC(C)C(N)C(=O)Nc1ccc(OC)c(S(=O)(=O)N2CCOCC2)c1.Cl. The quantitative estimate of drug-likeness (QED) is 0.689. The molecule has 0 aliphatic carbocycles. The Kier molecular flexibility index (Phi) is 8.97. The van der Waals surface area contributed by atoms with Crippen molar-refractivity contribution in [2.75, 3.05) is 38.7 Å². The van der Waals surface area contributed by atoms with Gasteiger partial charge in [-0.1, -0.05) is 20.3 Å². The molecule has 3 N–H and O–H groups in total. The van der Waals surface area contributed by atoms with Crippen LogP contribution in [0.5, 0.6) is 5.75 Å². The molecule has 154 valence electrons. The van der Waals surface area contributed by atoms with Crippen molar-refractivity contribution in [1.82, 2.24) is 4.31 Å². The molecule has 2 unspecified atom stereocenters. The molecular weight excluding hydrogens is 394 g/mol. The molecule has 1 aliphatic heterocycles. The molecule has 1 aliphatic rings. The number of nitrogens with zero attached hydrogens (tertiary/aromatic N) is 1. The van der Waals surface area contributed by atoms with E-state index in [9.17, 15) is 13.2 Å². The van der Waals surface area contributed by atoms with Crippen LogP contribution in [0.3, 0.4) is 0 Å². The summed E-state index contributed by atoms with van der Waals surface area (Å²) in [7, 11) is -2.35.